The first-order valence-electron chi connectivity index (χ1n) is 9.52. The molecule has 0 unspecified atom stereocenters. The molecule has 152 valence electrons. The summed E-state index contributed by atoms with van der Waals surface area (Å²) in [5.41, 5.74) is 2.23. The van der Waals surface area contributed by atoms with E-state index < -0.39 is 0 Å². The molecule has 4 aromatic rings. The van der Waals surface area contributed by atoms with Crippen molar-refractivity contribution < 1.29 is 4.79 Å². The highest BCUT2D eigenvalue weighted by molar-refractivity contribution is 7.99. The van der Waals surface area contributed by atoms with Crippen LogP contribution in [0, 0.1) is 6.92 Å². The van der Waals surface area contributed by atoms with Crippen molar-refractivity contribution in [1.82, 2.24) is 19.1 Å². The third-order valence-corrected chi connectivity index (χ3v) is 5.93. The van der Waals surface area contributed by atoms with Gasteiger partial charge in [-0.15, -0.1) is 0 Å². The molecule has 0 fully saturated rings. The van der Waals surface area contributed by atoms with Gasteiger partial charge in [0.1, 0.15) is 0 Å². The second kappa shape index (κ2) is 8.54. The average Bonchev–Trinajstić information content (AvgIpc) is 3.14. The third kappa shape index (κ3) is 4.13. The van der Waals surface area contributed by atoms with Crippen LogP contribution in [0.3, 0.4) is 0 Å². The number of para-hydroxylation sites is 2. The molecule has 0 radical (unpaired) electrons. The van der Waals surface area contributed by atoms with Crippen LogP contribution in [0.4, 0.5) is 5.69 Å². The molecular formula is C22H21N5O2S. The van der Waals surface area contributed by atoms with E-state index in [-0.39, 0.29) is 24.4 Å². The smallest absolute Gasteiger partial charge is 0.261 e. The molecule has 0 aliphatic heterocycles. The van der Waals surface area contributed by atoms with Crippen LogP contribution in [0.15, 0.2) is 76.0 Å². The molecule has 4 rings (SSSR count). The van der Waals surface area contributed by atoms with Gasteiger partial charge in [0.25, 0.3) is 5.56 Å². The van der Waals surface area contributed by atoms with E-state index in [1.165, 1.54) is 22.7 Å². The Hall–Kier alpha value is -3.39. The molecule has 0 atom stereocenters. The molecular weight excluding hydrogens is 398 g/mol. The van der Waals surface area contributed by atoms with E-state index in [1.807, 2.05) is 61.1 Å². The second-order valence-electron chi connectivity index (χ2n) is 6.93. The van der Waals surface area contributed by atoms with Gasteiger partial charge < -0.3 is 9.88 Å². The zero-order valence-electron chi connectivity index (χ0n) is 16.7. The maximum absolute atomic E-state index is 12.7. The fraction of sp³-hybridized carbons (Fsp3) is 0.182. The number of benzene rings is 2. The SMILES string of the molecule is Cc1cccc2c(=O)n(CCC(=O)Nc3ccccc3Sc3nccn3C)cnc12. The van der Waals surface area contributed by atoms with Crippen molar-refractivity contribution in [2.75, 3.05) is 5.32 Å². The number of imidazole rings is 1. The molecule has 1 amide bonds. The number of rotatable bonds is 6. The van der Waals surface area contributed by atoms with Crippen LogP contribution in [-0.4, -0.2) is 25.0 Å². The lowest BCUT2D eigenvalue weighted by Gasteiger charge is -2.11. The Morgan fingerprint density at radius 3 is 2.77 bits per heavy atom. The molecule has 0 bridgehead atoms. The normalized spacial score (nSPS) is 11.0. The summed E-state index contributed by atoms with van der Waals surface area (Å²) in [5.74, 6) is -0.167. The predicted molar refractivity (Wildman–Crippen MR) is 118 cm³/mol. The van der Waals surface area contributed by atoms with Crippen LogP contribution in [0.5, 0.6) is 0 Å². The molecule has 0 saturated carbocycles. The van der Waals surface area contributed by atoms with Gasteiger partial charge in [-0.3, -0.25) is 14.2 Å². The Morgan fingerprint density at radius 2 is 1.97 bits per heavy atom. The Morgan fingerprint density at radius 1 is 1.13 bits per heavy atom. The minimum Gasteiger partial charge on any atom is -0.329 e. The number of nitrogens with one attached hydrogen (secondary N) is 1. The largest absolute Gasteiger partial charge is 0.329 e. The molecule has 0 spiro atoms. The fourth-order valence-electron chi connectivity index (χ4n) is 3.14. The Bertz CT molecular complexity index is 1280. The van der Waals surface area contributed by atoms with Crippen molar-refractivity contribution in [3.05, 3.63) is 77.1 Å². The lowest BCUT2D eigenvalue weighted by atomic mass is 10.1. The van der Waals surface area contributed by atoms with Crippen molar-refractivity contribution in [3.8, 4) is 0 Å². The summed E-state index contributed by atoms with van der Waals surface area (Å²) in [5, 5.41) is 4.34. The molecule has 8 heteroatoms. The fourth-order valence-corrected chi connectivity index (χ4v) is 4.03. The number of aryl methyl sites for hydroxylation is 3. The molecule has 2 aromatic carbocycles. The monoisotopic (exact) mass is 419 g/mol. The van der Waals surface area contributed by atoms with Gasteiger partial charge in [-0.05, 0) is 42.4 Å². The zero-order chi connectivity index (χ0) is 21.1. The van der Waals surface area contributed by atoms with Crippen molar-refractivity contribution in [2.24, 2.45) is 7.05 Å². The summed E-state index contributed by atoms with van der Waals surface area (Å²) in [7, 11) is 1.92. The van der Waals surface area contributed by atoms with E-state index in [4.69, 9.17) is 0 Å². The van der Waals surface area contributed by atoms with Crippen molar-refractivity contribution >= 4 is 34.3 Å². The first-order valence-corrected chi connectivity index (χ1v) is 10.3. The number of fused-ring (bicyclic) bond motifs is 1. The number of hydrogen-bond acceptors (Lipinski definition) is 5. The van der Waals surface area contributed by atoms with Crippen molar-refractivity contribution in [2.45, 2.75) is 29.9 Å². The van der Waals surface area contributed by atoms with Crippen LogP contribution in [0.25, 0.3) is 10.9 Å². The third-order valence-electron chi connectivity index (χ3n) is 4.77. The van der Waals surface area contributed by atoms with E-state index >= 15 is 0 Å². The van der Waals surface area contributed by atoms with Gasteiger partial charge in [0.15, 0.2) is 5.16 Å². The minimum atomic E-state index is -0.167. The Labute approximate surface area is 177 Å². The number of amides is 1. The number of hydrogen-bond donors (Lipinski definition) is 1. The number of carbonyl (C=O) groups is 1. The maximum Gasteiger partial charge on any atom is 0.261 e. The van der Waals surface area contributed by atoms with Gasteiger partial charge in [-0.25, -0.2) is 9.97 Å². The summed E-state index contributed by atoms with van der Waals surface area (Å²) in [6.45, 7) is 2.18. The van der Waals surface area contributed by atoms with Gasteiger partial charge in [0.05, 0.1) is 22.9 Å². The quantitative estimate of drug-likeness (QED) is 0.516. The van der Waals surface area contributed by atoms with Crippen LogP contribution >= 0.6 is 11.8 Å². The average molecular weight is 420 g/mol. The topological polar surface area (TPSA) is 81.8 Å². The Balaban J connectivity index is 1.46. The van der Waals surface area contributed by atoms with Crippen molar-refractivity contribution in [3.63, 3.8) is 0 Å². The van der Waals surface area contributed by atoms with Crippen LogP contribution in [0.1, 0.15) is 12.0 Å². The molecule has 0 saturated heterocycles. The van der Waals surface area contributed by atoms with E-state index in [0.717, 1.165) is 21.3 Å². The predicted octanol–water partition coefficient (Wildman–Crippen LogP) is 3.62. The molecule has 0 aliphatic rings. The number of anilines is 1. The van der Waals surface area contributed by atoms with Gasteiger partial charge in [0, 0.05) is 37.3 Å². The van der Waals surface area contributed by atoms with E-state index in [0.29, 0.717) is 10.9 Å². The van der Waals surface area contributed by atoms with Crippen molar-refractivity contribution in [1.29, 1.82) is 0 Å². The standard InChI is InChI=1S/C22H21N5O2S/c1-15-6-5-7-16-20(15)24-14-27(21(16)29)12-10-19(28)25-17-8-3-4-9-18(17)30-22-23-11-13-26(22)2/h3-9,11,13-14H,10,12H2,1-2H3,(H,25,28). The van der Waals surface area contributed by atoms with Gasteiger partial charge in [0.2, 0.25) is 5.91 Å². The summed E-state index contributed by atoms with van der Waals surface area (Å²) >= 11 is 1.48. The van der Waals surface area contributed by atoms with E-state index in [1.54, 1.807) is 12.3 Å². The maximum atomic E-state index is 12.7. The van der Waals surface area contributed by atoms with Crippen LogP contribution in [0.2, 0.25) is 0 Å². The molecule has 1 N–H and O–H groups in total. The van der Waals surface area contributed by atoms with E-state index in [9.17, 15) is 9.59 Å². The van der Waals surface area contributed by atoms with E-state index in [2.05, 4.69) is 15.3 Å². The Kier molecular flexibility index (Phi) is 5.67. The van der Waals surface area contributed by atoms with Crippen LogP contribution in [-0.2, 0) is 18.4 Å². The van der Waals surface area contributed by atoms with Gasteiger partial charge in [-0.2, -0.15) is 0 Å². The molecule has 7 nitrogen and oxygen atoms in total. The van der Waals surface area contributed by atoms with Crippen LogP contribution < -0.4 is 10.9 Å². The highest BCUT2D eigenvalue weighted by Gasteiger charge is 2.11. The number of carbonyl (C=O) groups excluding carboxylic acids is 1. The summed E-state index contributed by atoms with van der Waals surface area (Å²) in [6, 6.07) is 13.1. The summed E-state index contributed by atoms with van der Waals surface area (Å²) in [6.07, 6.45) is 5.29. The highest BCUT2D eigenvalue weighted by atomic mass is 32.2. The zero-order valence-corrected chi connectivity index (χ0v) is 17.5. The first kappa shape index (κ1) is 19.9. The number of nitrogens with zero attached hydrogens (tertiary/aromatic N) is 4. The van der Waals surface area contributed by atoms with Gasteiger partial charge >= 0.3 is 0 Å². The summed E-state index contributed by atoms with van der Waals surface area (Å²) in [4.78, 5) is 34.9. The molecule has 2 aromatic heterocycles. The lowest BCUT2D eigenvalue weighted by Crippen LogP contribution is -2.24. The molecule has 2 heterocycles. The highest BCUT2D eigenvalue weighted by Crippen LogP contribution is 2.32. The van der Waals surface area contributed by atoms with Gasteiger partial charge in [-0.1, -0.05) is 24.3 Å². The minimum absolute atomic E-state index is 0.137. The second-order valence-corrected chi connectivity index (χ2v) is 7.94. The lowest BCUT2D eigenvalue weighted by molar-refractivity contribution is -0.116. The summed E-state index contributed by atoms with van der Waals surface area (Å²) < 4.78 is 3.40. The molecule has 0 aliphatic carbocycles. The molecule has 30 heavy (non-hydrogen) atoms. The first-order chi connectivity index (χ1) is 14.5. The number of aromatic nitrogens is 4.